The summed E-state index contributed by atoms with van der Waals surface area (Å²) in [6.45, 7) is 2.03. The molecule has 3 nitrogen and oxygen atoms in total. The fourth-order valence-electron chi connectivity index (χ4n) is 0.519. The van der Waals surface area contributed by atoms with Gasteiger partial charge in [0.1, 0.15) is 0 Å². The lowest BCUT2D eigenvalue weighted by atomic mass is 10.4. The van der Waals surface area contributed by atoms with Crippen LogP contribution >= 0.6 is 0 Å². The second kappa shape index (κ2) is 7.30. The quantitative estimate of drug-likeness (QED) is 0.443. The van der Waals surface area contributed by atoms with E-state index in [1.165, 1.54) is 6.20 Å². The maximum absolute atomic E-state index is 5.08. The predicted molar refractivity (Wildman–Crippen MR) is 39.9 cm³/mol. The van der Waals surface area contributed by atoms with Gasteiger partial charge >= 0.3 is 0 Å². The van der Waals surface area contributed by atoms with Crippen molar-refractivity contribution in [2.75, 3.05) is 20.1 Å². The minimum atomic E-state index is 0.981. The lowest BCUT2D eigenvalue weighted by Gasteiger charge is -1.98. The molecule has 9 heavy (non-hydrogen) atoms. The van der Waals surface area contributed by atoms with Crippen molar-refractivity contribution in [2.24, 2.45) is 5.73 Å². The zero-order chi connectivity index (χ0) is 6.95. The first-order valence-electron chi connectivity index (χ1n) is 3.16. The van der Waals surface area contributed by atoms with E-state index in [0.717, 1.165) is 19.5 Å². The standard InChI is InChI=1S/C6H15N3/c1-8-4-2-5-9-6-3-7/h3,6,8-9H,2,4-5,7H2,1H3/b6-3-. The summed E-state index contributed by atoms with van der Waals surface area (Å²) >= 11 is 0. The summed E-state index contributed by atoms with van der Waals surface area (Å²) < 4.78 is 0. The van der Waals surface area contributed by atoms with Crippen molar-refractivity contribution in [3.8, 4) is 0 Å². The summed E-state index contributed by atoms with van der Waals surface area (Å²) in [6, 6.07) is 0. The number of hydrogen-bond donors (Lipinski definition) is 3. The molecule has 0 aromatic carbocycles. The Labute approximate surface area is 56.3 Å². The van der Waals surface area contributed by atoms with Crippen LogP contribution < -0.4 is 16.4 Å². The first-order chi connectivity index (χ1) is 4.41. The van der Waals surface area contributed by atoms with Gasteiger partial charge in [0.15, 0.2) is 0 Å². The van der Waals surface area contributed by atoms with Crippen molar-refractivity contribution in [1.82, 2.24) is 10.6 Å². The van der Waals surface area contributed by atoms with E-state index in [1.54, 1.807) is 6.20 Å². The van der Waals surface area contributed by atoms with E-state index in [1.807, 2.05) is 7.05 Å². The van der Waals surface area contributed by atoms with Crippen molar-refractivity contribution in [3.63, 3.8) is 0 Å². The third-order valence-electron chi connectivity index (χ3n) is 0.962. The first-order valence-corrected chi connectivity index (χ1v) is 3.16. The van der Waals surface area contributed by atoms with Crippen molar-refractivity contribution < 1.29 is 0 Å². The van der Waals surface area contributed by atoms with Gasteiger partial charge in [-0.15, -0.1) is 0 Å². The molecular formula is C6H15N3. The summed E-state index contributed by atoms with van der Waals surface area (Å²) in [6.07, 6.45) is 4.37. The molecule has 0 radical (unpaired) electrons. The third kappa shape index (κ3) is 7.30. The fourth-order valence-corrected chi connectivity index (χ4v) is 0.519. The molecule has 0 bridgehead atoms. The van der Waals surface area contributed by atoms with Crippen LogP contribution in [0.4, 0.5) is 0 Å². The molecule has 0 saturated carbocycles. The molecule has 3 heteroatoms. The summed E-state index contributed by atoms with van der Waals surface area (Å²) in [5, 5.41) is 6.07. The molecule has 0 spiro atoms. The number of nitrogens with two attached hydrogens (primary N) is 1. The second-order valence-electron chi connectivity index (χ2n) is 1.77. The van der Waals surface area contributed by atoms with Gasteiger partial charge in [0.05, 0.1) is 0 Å². The Bertz CT molecular complexity index is 70.7. The Balaban J connectivity index is 2.75. The van der Waals surface area contributed by atoms with E-state index in [4.69, 9.17) is 5.73 Å². The average molecular weight is 129 g/mol. The molecule has 0 atom stereocenters. The van der Waals surface area contributed by atoms with E-state index in [2.05, 4.69) is 10.6 Å². The zero-order valence-electron chi connectivity index (χ0n) is 5.85. The van der Waals surface area contributed by atoms with Gasteiger partial charge in [0, 0.05) is 18.9 Å². The van der Waals surface area contributed by atoms with Crippen LogP contribution in [-0.2, 0) is 0 Å². The predicted octanol–water partition coefficient (Wildman–Crippen LogP) is -0.385. The van der Waals surface area contributed by atoms with E-state index in [9.17, 15) is 0 Å². The summed E-state index contributed by atoms with van der Waals surface area (Å²) in [5.41, 5.74) is 5.08. The number of rotatable bonds is 5. The van der Waals surface area contributed by atoms with Crippen LogP contribution in [0.2, 0.25) is 0 Å². The van der Waals surface area contributed by atoms with Gasteiger partial charge < -0.3 is 16.4 Å². The largest absolute Gasteiger partial charge is 0.403 e. The highest BCUT2D eigenvalue weighted by Gasteiger charge is 1.79. The minimum absolute atomic E-state index is 0.981. The Morgan fingerprint density at radius 1 is 1.44 bits per heavy atom. The molecule has 0 saturated heterocycles. The Morgan fingerprint density at radius 2 is 2.22 bits per heavy atom. The smallest absolute Gasteiger partial charge is 0.0154 e. The van der Waals surface area contributed by atoms with Crippen LogP contribution in [0.15, 0.2) is 12.4 Å². The molecule has 0 unspecified atom stereocenters. The van der Waals surface area contributed by atoms with Gasteiger partial charge in [0.2, 0.25) is 0 Å². The van der Waals surface area contributed by atoms with E-state index >= 15 is 0 Å². The molecule has 0 fully saturated rings. The first kappa shape index (κ1) is 8.30. The molecule has 0 aliphatic rings. The van der Waals surface area contributed by atoms with Gasteiger partial charge in [-0.1, -0.05) is 0 Å². The molecule has 0 amide bonds. The van der Waals surface area contributed by atoms with E-state index < -0.39 is 0 Å². The minimum Gasteiger partial charge on any atom is -0.403 e. The van der Waals surface area contributed by atoms with Gasteiger partial charge in [-0.25, -0.2) is 0 Å². The SMILES string of the molecule is CNCCCN/C=C\N. The fraction of sp³-hybridized carbons (Fsp3) is 0.667. The van der Waals surface area contributed by atoms with Gasteiger partial charge in [-0.2, -0.15) is 0 Å². The molecule has 0 aromatic heterocycles. The Morgan fingerprint density at radius 3 is 2.78 bits per heavy atom. The average Bonchev–Trinajstić information content (AvgIpc) is 1.89. The van der Waals surface area contributed by atoms with E-state index in [-0.39, 0.29) is 0 Å². The van der Waals surface area contributed by atoms with Crippen molar-refractivity contribution >= 4 is 0 Å². The Kier molecular flexibility index (Phi) is 6.73. The molecule has 4 N–H and O–H groups in total. The topological polar surface area (TPSA) is 50.1 Å². The molecule has 0 aromatic rings. The summed E-state index contributed by atoms with van der Waals surface area (Å²) in [4.78, 5) is 0. The zero-order valence-corrected chi connectivity index (χ0v) is 5.85. The van der Waals surface area contributed by atoms with Crippen LogP contribution in [0.25, 0.3) is 0 Å². The van der Waals surface area contributed by atoms with Crippen LogP contribution in [0, 0.1) is 0 Å². The number of hydrogen-bond acceptors (Lipinski definition) is 3. The Hall–Kier alpha value is -0.700. The maximum Gasteiger partial charge on any atom is 0.0154 e. The number of nitrogens with one attached hydrogen (secondary N) is 2. The highest BCUT2D eigenvalue weighted by atomic mass is 14.9. The lowest BCUT2D eigenvalue weighted by Crippen LogP contribution is -2.15. The molecule has 0 aliphatic carbocycles. The third-order valence-corrected chi connectivity index (χ3v) is 0.962. The van der Waals surface area contributed by atoms with E-state index in [0.29, 0.717) is 0 Å². The van der Waals surface area contributed by atoms with Gasteiger partial charge in [0.25, 0.3) is 0 Å². The van der Waals surface area contributed by atoms with Crippen LogP contribution in [0.1, 0.15) is 6.42 Å². The summed E-state index contributed by atoms with van der Waals surface area (Å²) in [5.74, 6) is 0. The molecule has 54 valence electrons. The monoisotopic (exact) mass is 129 g/mol. The van der Waals surface area contributed by atoms with Crippen molar-refractivity contribution in [3.05, 3.63) is 12.4 Å². The van der Waals surface area contributed by atoms with Crippen LogP contribution in [0.3, 0.4) is 0 Å². The molecule has 0 aliphatic heterocycles. The van der Waals surface area contributed by atoms with Crippen LogP contribution in [-0.4, -0.2) is 20.1 Å². The molecule has 0 rings (SSSR count). The molecular weight excluding hydrogens is 114 g/mol. The second-order valence-corrected chi connectivity index (χ2v) is 1.77. The molecule has 0 heterocycles. The lowest BCUT2D eigenvalue weighted by molar-refractivity contribution is 0.691. The van der Waals surface area contributed by atoms with Crippen LogP contribution in [0.5, 0.6) is 0 Å². The highest BCUT2D eigenvalue weighted by Crippen LogP contribution is 1.70. The van der Waals surface area contributed by atoms with Gasteiger partial charge in [-0.05, 0) is 20.0 Å². The van der Waals surface area contributed by atoms with Crippen molar-refractivity contribution in [2.45, 2.75) is 6.42 Å². The summed E-state index contributed by atoms with van der Waals surface area (Å²) in [7, 11) is 1.94. The maximum atomic E-state index is 5.08. The van der Waals surface area contributed by atoms with Gasteiger partial charge in [-0.3, -0.25) is 0 Å². The highest BCUT2D eigenvalue weighted by molar-refractivity contribution is 4.71. The normalized spacial score (nSPS) is 10.3. The van der Waals surface area contributed by atoms with Crippen molar-refractivity contribution in [1.29, 1.82) is 0 Å².